The minimum Gasteiger partial charge on any atom is -0.477 e. The van der Waals surface area contributed by atoms with Crippen molar-refractivity contribution < 1.29 is 32.3 Å². The second-order valence-corrected chi connectivity index (χ2v) is 6.26. The molecule has 0 aliphatic carbocycles. The number of halogens is 4. The minimum absolute atomic E-state index is 0.0372. The van der Waals surface area contributed by atoms with E-state index in [0.29, 0.717) is 11.3 Å². The van der Waals surface area contributed by atoms with Gasteiger partial charge in [0.05, 0.1) is 5.69 Å². The van der Waals surface area contributed by atoms with Gasteiger partial charge in [-0.2, -0.15) is 13.2 Å². The highest BCUT2D eigenvalue weighted by Crippen LogP contribution is 2.52. The summed E-state index contributed by atoms with van der Waals surface area (Å²) in [6.07, 6.45) is -5.47. The Kier molecular flexibility index (Phi) is 3.83. The van der Waals surface area contributed by atoms with Crippen LogP contribution in [-0.2, 0) is 4.79 Å². The number of hydrogen-bond acceptors (Lipinski definition) is 3. The van der Waals surface area contributed by atoms with Crippen molar-refractivity contribution in [3.63, 3.8) is 0 Å². The Labute approximate surface area is 136 Å². The number of alkyl halides is 3. The van der Waals surface area contributed by atoms with Crippen LogP contribution in [0.3, 0.4) is 0 Å². The van der Waals surface area contributed by atoms with E-state index < -0.39 is 36.2 Å². The van der Waals surface area contributed by atoms with Gasteiger partial charge >= 0.3 is 12.1 Å². The summed E-state index contributed by atoms with van der Waals surface area (Å²) < 4.78 is 52.7. The maximum Gasteiger partial charge on any atom is 0.397 e. The fourth-order valence-corrected chi connectivity index (χ4v) is 3.84. The van der Waals surface area contributed by atoms with Gasteiger partial charge in [0, 0.05) is 16.9 Å². The molecular weight excluding hydrogens is 350 g/mol. The number of thiophene rings is 1. The molecule has 24 heavy (non-hydrogen) atoms. The highest BCUT2D eigenvalue weighted by atomic mass is 32.1. The van der Waals surface area contributed by atoms with Crippen LogP contribution in [0.2, 0.25) is 0 Å². The summed E-state index contributed by atoms with van der Waals surface area (Å²) in [6.45, 7) is 0. The number of benzene rings is 1. The highest BCUT2D eigenvalue weighted by molar-refractivity contribution is 7.15. The zero-order valence-corrected chi connectivity index (χ0v) is 12.6. The van der Waals surface area contributed by atoms with Crippen LogP contribution in [-0.4, -0.2) is 23.2 Å². The number of aromatic carboxylic acids is 1. The first-order valence-corrected chi connectivity index (χ1v) is 7.52. The summed E-state index contributed by atoms with van der Waals surface area (Å²) in [5.41, 5.74) is 0.0156. The number of anilines is 1. The SMILES string of the molecule is O=C1C[C@H](C(F)(F)F)c2sc(C(=O)O)c(-c3ccc(F)cc3)c2N1. The number of amides is 1. The maximum atomic E-state index is 13.2. The van der Waals surface area contributed by atoms with Crippen molar-refractivity contribution in [3.05, 3.63) is 39.8 Å². The Bertz CT molecular complexity index is 826. The van der Waals surface area contributed by atoms with Crippen molar-refractivity contribution in [2.45, 2.75) is 18.5 Å². The Morgan fingerprint density at radius 1 is 1.25 bits per heavy atom. The number of fused-ring (bicyclic) bond motifs is 1. The van der Waals surface area contributed by atoms with Crippen LogP contribution in [0.5, 0.6) is 0 Å². The normalized spacial score (nSPS) is 17.3. The Balaban J connectivity index is 2.26. The van der Waals surface area contributed by atoms with Gasteiger partial charge in [-0.05, 0) is 17.7 Å². The van der Waals surface area contributed by atoms with Crippen LogP contribution in [0.15, 0.2) is 24.3 Å². The first-order valence-electron chi connectivity index (χ1n) is 6.71. The van der Waals surface area contributed by atoms with E-state index in [0.717, 1.165) is 12.1 Å². The lowest BCUT2D eigenvalue weighted by Crippen LogP contribution is -2.30. The number of carboxylic acids is 1. The molecule has 1 aliphatic heterocycles. The van der Waals surface area contributed by atoms with Gasteiger partial charge < -0.3 is 10.4 Å². The number of hydrogen-bond donors (Lipinski definition) is 2. The van der Waals surface area contributed by atoms with Crippen LogP contribution in [0.25, 0.3) is 11.1 Å². The average molecular weight is 359 g/mol. The van der Waals surface area contributed by atoms with Crippen molar-refractivity contribution in [1.29, 1.82) is 0 Å². The largest absolute Gasteiger partial charge is 0.477 e. The second-order valence-electron chi connectivity index (χ2n) is 5.20. The summed E-state index contributed by atoms with van der Waals surface area (Å²) in [5, 5.41) is 11.7. The van der Waals surface area contributed by atoms with Crippen LogP contribution in [0.1, 0.15) is 26.9 Å². The zero-order chi connectivity index (χ0) is 17.6. The van der Waals surface area contributed by atoms with E-state index in [1.807, 2.05) is 0 Å². The molecule has 2 aromatic rings. The Morgan fingerprint density at radius 2 is 1.88 bits per heavy atom. The lowest BCUT2D eigenvalue weighted by molar-refractivity contribution is -0.156. The van der Waals surface area contributed by atoms with Crippen molar-refractivity contribution in [3.8, 4) is 11.1 Å². The molecular formula is C15H9F4NO3S. The standard InChI is InChI=1S/C15H9F4NO3S/c16-7-3-1-6(2-4-7)10-11-12(24-13(10)14(22)23)8(15(17,18)19)5-9(21)20-11/h1-4,8H,5H2,(H,20,21)(H,22,23)/t8-/m0/s1. The van der Waals surface area contributed by atoms with Crippen molar-refractivity contribution in [2.24, 2.45) is 0 Å². The summed E-state index contributed by atoms with van der Waals surface area (Å²) >= 11 is 0.478. The van der Waals surface area contributed by atoms with Crippen LogP contribution < -0.4 is 5.32 Å². The van der Waals surface area contributed by atoms with Crippen molar-refractivity contribution in [1.82, 2.24) is 0 Å². The van der Waals surface area contributed by atoms with Gasteiger partial charge in [0.2, 0.25) is 5.91 Å². The maximum absolute atomic E-state index is 13.2. The molecule has 0 bridgehead atoms. The predicted molar refractivity (Wildman–Crippen MR) is 78.7 cm³/mol. The van der Waals surface area contributed by atoms with Gasteiger partial charge in [0.15, 0.2) is 0 Å². The van der Waals surface area contributed by atoms with Crippen LogP contribution in [0.4, 0.5) is 23.2 Å². The number of nitrogens with one attached hydrogen (secondary N) is 1. The van der Waals surface area contributed by atoms with E-state index in [4.69, 9.17) is 0 Å². The molecule has 0 saturated heterocycles. The summed E-state index contributed by atoms with van der Waals surface area (Å²) in [5.74, 6) is -4.89. The molecule has 1 aromatic heterocycles. The van der Waals surface area contributed by atoms with E-state index >= 15 is 0 Å². The number of rotatable bonds is 2. The van der Waals surface area contributed by atoms with E-state index in [1.165, 1.54) is 12.1 Å². The molecule has 1 aromatic carbocycles. The zero-order valence-electron chi connectivity index (χ0n) is 11.8. The van der Waals surface area contributed by atoms with E-state index in [2.05, 4.69) is 5.32 Å². The van der Waals surface area contributed by atoms with Gasteiger partial charge in [-0.1, -0.05) is 12.1 Å². The molecule has 1 atom stereocenters. The molecule has 3 rings (SSSR count). The lowest BCUT2D eigenvalue weighted by atomic mass is 9.94. The third-order valence-electron chi connectivity index (χ3n) is 3.63. The minimum atomic E-state index is -4.67. The average Bonchev–Trinajstić information content (AvgIpc) is 2.85. The summed E-state index contributed by atoms with van der Waals surface area (Å²) in [6, 6.07) is 4.65. The van der Waals surface area contributed by atoms with Crippen LogP contribution >= 0.6 is 11.3 Å². The number of carbonyl (C=O) groups excluding carboxylic acids is 1. The summed E-state index contributed by atoms with van der Waals surface area (Å²) in [7, 11) is 0. The topological polar surface area (TPSA) is 66.4 Å². The molecule has 2 N–H and O–H groups in total. The highest BCUT2D eigenvalue weighted by Gasteiger charge is 2.47. The van der Waals surface area contributed by atoms with Gasteiger partial charge in [-0.15, -0.1) is 11.3 Å². The molecule has 2 heterocycles. The molecule has 0 spiro atoms. The smallest absolute Gasteiger partial charge is 0.397 e. The van der Waals surface area contributed by atoms with E-state index in [9.17, 15) is 32.3 Å². The monoisotopic (exact) mass is 359 g/mol. The first kappa shape index (κ1) is 16.4. The van der Waals surface area contributed by atoms with Gasteiger partial charge in [-0.25, -0.2) is 9.18 Å². The predicted octanol–water partition coefficient (Wildman–Crippen LogP) is 4.24. The fourth-order valence-electron chi connectivity index (χ4n) is 2.59. The van der Waals surface area contributed by atoms with Gasteiger partial charge in [-0.3, -0.25) is 4.79 Å². The van der Waals surface area contributed by atoms with Crippen molar-refractivity contribution in [2.75, 3.05) is 5.32 Å². The molecule has 126 valence electrons. The lowest BCUT2D eigenvalue weighted by Gasteiger charge is -2.25. The molecule has 9 heteroatoms. The van der Waals surface area contributed by atoms with Crippen molar-refractivity contribution >= 4 is 28.9 Å². The third-order valence-corrected chi connectivity index (χ3v) is 4.92. The Morgan fingerprint density at radius 3 is 2.42 bits per heavy atom. The molecule has 0 unspecified atom stereocenters. The van der Waals surface area contributed by atoms with Crippen LogP contribution in [0, 0.1) is 5.82 Å². The fraction of sp³-hybridized carbons (Fsp3) is 0.200. The molecule has 1 amide bonds. The molecule has 0 radical (unpaired) electrons. The molecule has 0 saturated carbocycles. The first-order chi connectivity index (χ1) is 11.2. The second kappa shape index (κ2) is 5.59. The van der Waals surface area contributed by atoms with E-state index in [-0.39, 0.29) is 26.6 Å². The van der Waals surface area contributed by atoms with E-state index in [1.54, 1.807) is 0 Å². The van der Waals surface area contributed by atoms with Gasteiger partial charge in [0.25, 0.3) is 0 Å². The quantitative estimate of drug-likeness (QED) is 0.788. The third kappa shape index (κ3) is 2.75. The number of carbonyl (C=O) groups is 2. The van der Waals surface area contributed by atoms with Gasteiger partial charge in [0.1, 0.15) is 16.6 Å². The summed E-state index contributed by atoms with van der Waals surface area (Å²) in [4.78, 5) is 22.6. The molecule has 4 nitrogen and oxygen atoms in total. The molecule has 0 fully saturated rings. The Hall–Kier alpha value is -2.42. The molecule has 1 aliphatic rings. The number of carboxylic acid groups (broad SMARTS) is 1.